The van der Waals surface area contributed by atoms with Crippen LogP contribution in [0.5, 0.6) is 0 Å². The molecule has 1 saturated heterocycles. The molecule has 1 aliphatic rings. The summed E-state index contributed by atoms with van der Waals surface area (Å²) in [5, 5.41) is 0. The molecule has 0 aliphatic carbocycles. The zero-order valence-electron chi connectivity index (χ0n) is 12.9. The lowest BCUT2D eigenvalue weighted by Gasteiger charge is -2.37. The molecule has 0 saturated carbocycles. The standard InChI is InChI=1S/C17H28N2S/c1-3-4-13-20-16-7-5-15(6-8-16)14-17(18)9-11-19(2)12-10-17/h5-8H,3-4,9-14,18H2,1-2H3. The number of benzene rings is 1. The third kappa shape index (κ3) is 4.80. The molecule has 3 heteroatoms. The summed E-state index contributed by atoms with van der Waals surface area (Å²) in [6.07, 6.45) is 5.80. The van der Waals surface area contributed by atoms with Gasteiger partial charge in [0.25, 0.3) is 0 Å². The topological polar surface area (TPSA) is 29.3 Å². The molecule has 1 aliphatic heterocycles. The summed E-state index contributed by atoms with van der Waals surface area (Å²) in [7, 11) is 2.18. The van der Waals surface area contributed by atoms with E-state index in [1.165, 1.54) is 29.1 Å². The lowest BCUT2D eigenvalue weighted by atomic mass is 9.83. The summed E-state index contributed by atoms with van der Waals surface area (Å²) in [6, 6.07) is 9.05. The molecule has 1 aromatic carbocycles. The first kappa shape index (κ1) is 15.9. The van der Waals surface area contributed by atoms with Gasteiger partial charge in [-0.1, -0.05) is 25.5 Å². The fourth-order valence-electron chi connectivity index (χ4n) is 2.69. The Labute approximate surface area is 128 Å². The molecular weight excluding hydrogens is 264 g/mol. The molecule has 2 N–H and O–H groups in total. The predicted molar refractivity (Wildman–Crippen MR) is 89.4 cm³/mol. The van der Waals surface area contributed by atoms with E-state index in [9.17, 15) is 0 Å². The average molecular weight is 292 g/mol. The molecule has 1 fully saturated rings. The SMILES string of the molecule is CCCCSc1ccc(CC2(N)CCN(C)CC2)cc1. The zero-order chi connectivity index (χ0) is 14.4. The molecule has 1 aromatic rings. The molecule has 1 heterocycles. The number of thioether (sulfide) groups is 1. The van der Waals surface area contributed by atoms with Crippen LogP contribution < -0.4 is 5.73 Å². The van der Waals surface area contributed by atoms with Crippen molar-refractivity contribution in [3.05, 3.63) is 29.8 Å². The number of rotatable bonds is 6. The van der Waals surface area contributed by atoms with Gasteiger partial charge in [0.1, 0.15) is 0 Å². The van der Waals surface area contributed by atoms with Crippen molar-refractivity contribution in [3.8, 4) is 0 Å². The van der Waals surface area contributed by atoms with Gasteiger partial charge in [-0.3, -0.25) is 0 Å². The third-order valence-electron chi connectivity index (χ3n) is 4.23. The first-order valence-corrected chi connectivity index (χ1v) is 8.79. The van der Waals surface area contributed by atoms with Crippen molar-refractivity contribution in [1.29, 1.82) is 0 Å². The van der Waals surface area contributed by atoms with Gasteiger partial charge in [-0.05, 0) is 69.3 Å². The Morgan fingerprint density at radius 3 is 2.45 bits per heavy atom. The molecule has 0 bridgehead atoms. The first-order chi connectivity index (χ1) is 9.61. The fraction of sp³-hybridized carbons (Fsp3) is 0.647. The number of piperidine rings is 1. The van der Waals surface area contributed by atoms with Gasteiger partial charge in [0.2, 0.25) is 0 Å². The predicted octanol–water partition coefficient (Wildman–Crippen LogP) is 3.54. The maximum absolute atomic E-state index is 6.56. The summed E-state index contributed by atoms with van der Waals surface area (Å²) in [5.74, 6) is 1.23. The summed E-state index contributed by atoms with van der Waals surface area (Å²) in [5.41, 5.74) is 7.95. The highest BCUT2D eigenvalue weighted by molar-refractivity contribution is 7.99. The summed E-state index contributed by atoms with van der Waals surface area (Å²) < 4.78 is 0. The number of likely N-dealkylation sites (tertiary alicyclic amines) is 1. The zero-order valence-corrected chi connectivity index (χ0v) is 13.7. The largest absolute Gasteiger partial charge is 0.325 e. The number of hydrogen-bond donors (Lipinski definition) is 1. The quantitative estimate of drug-likeness (QED) is 0.642. The molecule has 0 atom stereocenters. The first-order valence-electron chi connectivity index (χ1n) is 7.80. The van der Waals surface area contributed by atoms with Gasteiger partial charge in [-0.2, -0.15) is 0 Å². The van der Waals surface area contributed by atoms with Gasteiger partial charge in [0.15, 0.2) is 0 Å². The Hall–Kier alpha value is -0.510. The van der Waals surface area contributed by atoms with Crippen LogP contribution in [0, 0.1) is 0 Å². The molecule has 112 valence electrons. The van der Waals surface area contributed by atoms with Crippen LogP contribution in [0.1, 0.15) is 38.2 Å². The van der Waals surface area contributed by atoms with Crippen LogP contribution >= 0.6 is 11.8 Å². The van der Waals surface area contributed by atoms with Gasteiger partial charge in [-0.15, -0.1) is 11.8 Å². The highest BCUT2D eigenvalue weighted by Gasteiger charge is 2.29. The van der Waals surface area contributed by atoms with Crippen LogP contribution in [-0.2, 0) is 6.42 Å². The van der Waals surface area contributed by atoms with Crippen molar-refractivity contribution in [1.82, 2.24) is 4.90 Å². The summed E-state index contributed by atoms with van der Waals surface area (Å²) in [4.78, 5) is 3.76. The van der Waals surface area contributed by atoms with Gasteiger partial charge in [-0.25, -0.2) is 0 Å². The lowest BCUT2D eigenvalue weighted by molar-refractivity contribution is 0.190. The highest BCUT2D eigenvalue weighted by Crippen LogP contribution is 2.25. The fourth-order valence-corrected chi connectivity index (χ4v) is 3.68. The van der Waals surface area contributed by atoms with Crippen molar-refractivity contribution in [3.63, 3.8) is 0 Å². The van der Waals surface area contributed by atoms with E-state index in [-0.39, 0.29) is 5.54 Å². The summed E-state index contributed by atoms with van der Waals surface area (Å²) >= 11 is 1.96. The third-order valence-corrected chi connectivity index (χ3v) is 5.33. The second kappa shape index (κ2) is 7.48. The molecule has 2 nitrogen and oxygen atoms in total. The van der Waals surface area contributed by atoms with Crippen LogP contribution in [0.15, 0.2) is 29.2 Å². The number of nitrogens with two attached hydrogens (primary N) is 1. The van der Waals surface area contributed by atoms with E-state index in [1.807, 2.05) is 11.8 Å². The van der Waals surface area contributed by atoms with Crippen molar-refractivity contribution in [2.45, 2.75) is 49.5 Å². The van der Waals surface area contributed by atoms with E-state index in [0.29, 0.717) is 0 Å². The minimum atomic E-state index is 0.00335. The molecule has 0 aromatic heterocycles. The Balaban J connectivity index is 1.87. The van der Waals surface area contributed by atoms with Crippen LogP contribution in [0.4, 0.5) is 0 Å². The minimum Gasteiger partial charge on any atom is -0.325 e. The van der Waals surface area contributed by atoms with E-state index in [0.717, 1.165) is 32.4 Å². The van der Waals surface area contributed by atoms with Crippen LogP contribution in [0.25, 0.3) is 0 Å². The molecule has 20 heavy (non-hydrogen) atoms. The van der Waals surface area contributed by atoms with Crippen molar-refractivity contribution >= 4 is 11.8 Å². The second-order valence-corrected chi connectivity index (χ2v) is 7.36. The molecule has 0 spiro atoms. The molecule has 0 amide bonds. The average Bonchev–Trinajstić information content (AvgIpc) is 2.45. The Bertz CT molecular complexity index is 394. The Morgan fingerprint density at radius 2 is 1.85 bits per heavy atom. The number of unbranched alkanes of at least 4 members (excludes halogenated alkanes) is 1. The van der Waals surface area contributed by atoms with Crippen molar-refractivity contribution in [2.75, 3.05) is 25.9 Å². The van der Waals surface area contributed by atoms with E-state index in [1.54, 1.807) is 0 Å². The maximum atomic E-state index is 6.56. The van der Waals surface area contributed by atoms with Gasteiger partial charge in [0.05, 0.1) is 0 Å². The monoisotopic (exact) mass is 292 g/mol. The maximum Gasteiger partial charge on any atom is 0.0219 e. The molecule has 2 rings (SSSR count). The lowest BCUT2D eigenvalue weighted by Crippen LogP contribution is -2.50. The van der Waals surface area contributed by atoms with E-state index < -0.39 is 0 Å². The Morgan fingerprint density at radius 1 is 1.20 bits per heavy atom. The van der Waals surface area contributed by atoms with Crippen LogP contribution in [0.2, 0.25) is 0 Å². The Kier molecular flexibility index (Phi) is 5.94. The minimum absolute atomic E-state index is 0.00335. The van der Waals surface area contributed by atoms with Gasteiger partial charge < -0.3 is 10.6 Å². The van der Waals surface area contributed by atoms with Gasteiger partial charge >= 0.3 is 0 Å². The van der Waals surface area contributed by atoms with Crippen LogP contribution in [0.3, 0.4) is 0 Å². The number of hydrogen-bond acceptors (Lipinski definition) is 3. The van der Waals surface area contributed by atoms with Crippen molar-refractivity contribution in [2.24, 2.45) is 5.73 Å². The summed E-state index contributed by atoms with van der Waals surface area (Å²) in [6.45, 7) is 4.49. The molecular formula is C17H28N2S. The van der Waals surface area contributed by atoms with E-state index >= 15 is 0 Å². The van der Waals surface area contributed by atoms with E-state index in [2.05, 4.69) is 43.1 Å². The smallest absolute Gasteiger partial charge is 0.0219 e. The second-order valence-electron chi connectivity index (χ2n) is 6.19. The van der Waals surface area contributed by atoms with E-state index in [4.69, 9.17) is 5.73 Å². The normalized spacial score (nSPS) is 19.1. The van der Waals surface area contributed by atoms with Crippen LogP contribution in [-0.4, -0.2) is 36.3 Å². The molecule has 0 radical (unpaired) electrons. The van der Waals surface area contributed by atoms with Crippen molar-refractivity contribution < 1.29 is 0 Å². The highest BCUT2D eigenvalue weighted by atomic mass is 32.2. The molecule has 0 unspecified atom stereocenters. The van der Waals surface area contributed by atoms with Gasteiger partial charge in [0, 0.05) is 10.4 Å². The number of nitrogens with zero attached hydrogens (tertiary/aromatic N) is 1.